The molecule has 2 rings (SSSR count). The van der Waals surface area contributed by atoms with E-state index in [-0.39, 0.29) is 0 Å². The summed E-state index contributed by atoms with van der Waals surface area (Å²) in [5.41, 5.74) is 1.18. The van der Waals surface area contributed by atoms with E-state index in [4.69, 9.17) is 4.52 Å². The lowest BCUT2D eigenvalue weighted by molar-refractivity contribution is 0.612. The summed E-state index contributed by atoms with van der Waals surface area (Å²) in [5.74, 6) is 0.971. The molecule has 1 aromatic rings. The fourth-order valence-corrected chi connectivity index (χ4v) is 1.44. The van der Waals surface area contributed by atoms with E-state index in [2.05, 4.69) is 4.74 Å². The van der Waals surface area contributed by atoms with Gasteiger partial charge in [0.1, 0.15) is 5.75 Å². The Labute approximate surface area is 60.8 Å². The molecule has 0 fully saturated rings. The standard InChI is InChI=1S/C7H6NOP/c1-2-4-7-6(3-1)5-8-10-9-7/h1-4H,5H2. The first-order valence-electron chi connectivity index (χ1n) is 3.08. The van der Waals surface area contributed by atoms with Gasteiger partial charge in [-0.25, -0.2) is 4.74 Å². The van der Waals surface area contributed by atoms with E-state index < -0.39 is 0 Å². The summed E-state index contributed by atoms with van der Waals surface area (Å²) in [4.78, 5) is 0. The van der Waals surface area contributed by atoms with Crippen molar-refractivity contribution in [2.45, 2.75) is 6.54 Å². The normalized spacial score (nSPS) is 15.6. The van der Waals surface area contributed by atoms with Gasteiger partial charge in [-0.15, -0.1) is 0 Å². The Bertz CT molecular complexity index is 245. The maximum Gasteiger partial charge on any atom is 0.242 e. The molecular weight excluding hydrogens is 145 g/mol. The summed E-state index contributed by atoms with van der Waals surface area (Å²) >= 11 is 0. The molecular formula is C7H6NOP. The van der Waals surface area contributed by atoms with Crippen molar-refractivity contribution in [3.8, 4) is 5.75 Å². The van der Waals surface area contributed by atoms with Gasteiger partial charge >= 0.3 is 0 Å². The SMILES string of the molecule is c1ccc2c(c1)CN=PO2. The van der Waals surface area contributed by atoms with Crippen LogP contribution in [0.5, 0.6) is 5.75 Å². The molecule has 0 aromatic heterocycles. The third kappa shape index (κ3) is 0.910. The summed E-state index contributed by atoms with van der Waals surface area (Å²) in [6.45, 7) is 0.789. The third-order valence-corrected chi connectivity index (χ3v) is 1.95. The molecule has 0 radical (unpaired) electrons. The van der Waals surface area contributed by atoms with Crippen LogP contribution < -0.4 is 4.52 Å². The molecule has 0 atom stereocenters. The topological polar surface area (TPSA) is 21.6 Å². The zero-order valence-electron chi connectivity index (χ0n) is 5.32. The van der Waals surface area contributed by atoms with Gasteiger partial charge in [0.15, 0.2) is 0 Å². The van der Waals surface area contributed by atoms with Crippen molar-refractivity contribution < 1.29 is 4.52 Å². The third-order valence-electron chi connectivity index (χ3n) is 1.41. The van der Waals surface area contributed by atoms with E-state index in [9.17, 15) is 0 Å². The van der Waals surface area contributed by atoms with Crippen LogP contribution in [0.25, 0.3) is 0 Å². The van der Waals surface area contributed by atoms with E-state index in [1.54, 1.807) is 0 Å². The van der Waals surface area contributed by atoms with E-state index in [1.807, 2.05) is 24.3 Å². The van der Waals surface area contributed by atoms with E-state index in [0.717, 1.165) is 20.9 Å². The van der Waals surface area contributed by atoms with Gasteiger partial charge in [0.25, 0.3) is 0 Å². The molecule has 2 nitrogen and oxygen atoms in total. The number of nitrogens with zero attached hydrogens (tertiary/aromatic N) is 1. The minimum atomic E-state index is 0.728. The summed E-state index contributed by atoms with van der Waals surface area (Å²) in [5, 5.41) is 0. The summed E-state index contributed by atoms with van der Waals surface area (Å²) in [6, 6.07) is 7.98. The lowest BCUT2D eigenvalue weighted by atomic mass is 10.2. The maximum absolute atomic E-state index is 5.23. The van der Waals surface area contributed by atoms with Gasteiger partial charge in [-0.05, 0) is 6.07 Å². The van der Waals surface area contributed by atoms with Crippen LogP contribution in [-0.4, -0.2) is 0 Å². The smallest absolute Gasteiger partial charge is 0.242 e. The van der Waals surface area contributed by atoms with Gasteiger partial charge in [0.2, 0.25) is 8.60 Å². The second-order valence-electron chi connectivity index (χ2n) is 2.08. The molecule has 10 heavy (non-hydrogen) atoms. The zero-order valence-corrected chi connectivity index (χ0v) is 6.21. The number of hydrogen-bond donors (Lipinski definition) is 0. The lowest BCUT2D eigenvalue weighted by Gasteiger charge is -2.07. The average molecular weight is 151 g/mol. The van der Waals surface area contributed by atoms with E-state index in [0.29, 0.717) is 0 Å². The Morgan fingerprint density at radius 3 is 3.20 bits per heavy atom. The van der Waals surface area contributed by atoms with Crippen LogP contribution in [0.1, 0.15) is 5.56 Å². The highest BCUT2D eigenvalue weighted by Gasteiger charge is 2.04. The highest BCUT2D eigenvalue weighted by Crippen LogP contribution is 2.27. The van der Waals surface area contributed by atoms with Crippen LogP contribution in [-0.2, 0) is 6.54 Å². The van der Waals surface area contributed by atoms with Gasteiger partial charge in [-0.2, -0.15) is 0 Å². The minimum Gasteiger partial charge on any atom is -0.423 e. The highest BCUT2D eigenvalue weighted by molar-refractivity contribution is 7.21. The molecule has 1 aliphatic rings. The molecule has 50 valence electrons. The first kappa shape index (κ1) is 5.87. The van der Waals surface area contributed by atoms with Crippen molar-refractivity contribution in [3.05, 3.63) is 29.8 Å². The number of fused-ring (bicyclic) bond motifs is 1. The number of benzene rings is 1. The summed E-state index contributed by atoms with van der Waals surface area (Å²) < 4.78 is 9.30. The van der Waals surface area contributed by atoms with E-state index in [1.165, 1.54) is 5.56 Å². The fraction of sp³-hybridized carbons (Fsp3) is 0.143. The van der Waals surface area contributed by atoms with Crippen LogP contribution in [0.15, 0.2) is 29.0 Å². The van der Waals surface area contributed by atoms with Gasteiger partial charge in [-0.1, -0.05) is 18.2 Å². The number of hydrogen-bond acceptors (Lipinski definition) is 2. The van der Waals surface area contributed by atoms with Crippen molar-refractivity contribution in [2.75, 3.05) is 0 Å². The molecule has 1 aliphatic heterocycles. The number of rotatable bonds is 0. The highest BCUT2D eigenvalue weighted by atomic mass is 31.1. The molecule has 0 spiro atoms. The van der Waals surface area contributed by atoms with Crippen molar-refractivity contribution >= 4 is 8.60 Å². The van der Waals surface area contributed by atoms with Crippen molar-refractivity contribution in [1.82, 2.24) is 0 Å². The van der Waals surface area contributed by atoms with Crippen LogP contribution in [0.3, 0.4) is 0 Å². The molecule has 0 unspecified atom stereocenters. The first-order valence-corrected chi connectivity index (χ1v) is 3.85. The van der Waals surface area contributed by atoms with Crippen LogP contribution in [0.4, 0.5) is 0 Å². The zero-order chi connectivity index (χ0) is 6.81. The Balaban J connectivity index is 2.47. The molecule has 0 N–H and O–H groups in total. The predicted octanol–water partition coefficient (Wildman–Crippen LogP) is 2.62. The van der Waals surface area contributed by atoms with Gasteiger partial charge in [0.05, 0.1) is 6.54 Å². The molecule has 0 amide bonds. The summed E-state index contributed by atoms with van der Waals surface area (Å²) in [7, 11) is 0.728. The monoisotopic (exact) mass is 151 g/mol. The van der Waals surface area contributed by atoms with Crippen molar-refractivity contribution in [3.63, 3.8) is 0 Å². The Hall–Kier alpha value is -0.880. The van der Waals surface area contributed by atoms with Crippen molar-refractivity contribution in [2.24, 2.45) is 4.74 Å². The molecule has 0 saturated carbocycles. The molecule has 0 bridgehead atoms. The van der Waals surface area contributed by atoms with Crippen LogP contribution in [0, 0.1) is 0 Å². The van der Waals surface area contributed by atoms with Gasteiger partial charge in [0, 0.05) is 5.56 Å². The molecule has 1 aromatic carbocycles. The Morgan fingerprint density at radius 1 is 1.40 bits per heavy atom. The average Bonchev–Trinajstić information content (AvgIpc) is 2.05. The van der Waals surface area contributed by atoms with E-state index >= 15 is 0 Å². The predicted molar refractivity (Wildman–Crippen MR) is 40.1 cm³/mol. The quantitative estimate of drug-likeness (QED) is 0.522. The number of para-hydroxylation sites is 1. The largest absolute Gasteiger partial charge is 0.423 e. The Kier molecular flexibility index (Phi) is 1.40. The van der Waals surface area contributed by atoms with Crippen LogP contribution in [0.2, 0.25) is 0 Å². The second-order valence-corrected chi connectivity index (χ2v) is 2.71. The first-order chi connectivity index (χ1) is 4.97. The molecule has 0 aliphatic carbocycles. The second kappa shape index (κ2) is 2.39. The lowest BCUT2D eigenvalue weighted by Crippen LogP contribution is -1.89. The Morgan fingerprint density at radius 2 is 2.30 bits per heavy atom. The fourth-order valence-electron chi connectivity index (χ4n) is 0.901. The molecule has 0 saturated heterocycles. The van der Waals surface area contributed by atoms with Gasteiger partial charge < -0.3 is 4.52 Å². The van der Waals surface area contributed by atoms with Crippen LogP contribution >= 0.6 is 8.60 Å². The summed E-state index contributed by atoms with van der Waals surface area (Å²) in [6.07, 6.45) is 0. The van der Waals surface area contributed by atoms with Gasteiger partial charge in [-0.3, -0.25) is 0 Å². The molecule has 1 heterocycles. The molecule has 3 heteroatoms. The minimum absolute atomic E-state index is 0.728. The van der Waals surface area contributed by atoms with Crippen molar-refractivity contribution in [1.29, 1.82) is 0 Å². The maximum atomic E-state index is 5.23.